The second kappa shape index (κ2) is 5.94. The van der Waals surface area contributed by atoms with E-state index in [9.17, 15) is 4.39 Å². The Kier molecular flexibility index (Phi) is 4.45. The standard InChI is InChI=1S/C15H19ClFN3/c1-9(13-6-5-12(17)7-15(13)16)18-8-14-10(2)19-20(4)11(14)3/h5-7,9,18H,8H2,1-4H3. The molecule has 0 aliphatic heterocycles. The number of benzene rings is 1. The van der Waals surface area contributed by atoms with Crippen molar-refractivity contribution in [3.05, 3.63) is 51.6 Å². The van der Waals surface area contributed by atoms with Crippen LogP contribution in [0.5, 0.6) is 0 Å². The van der Waals surface area contributed by atoms with Gasteiger partial charge in [0, 0.05) is 35.9 Å². The summed E-state index contributed by atoms with van der Waals surface area (Å²) in [5.74, 6) is -0.315. The predicted molar refractivity (Wildman–Crippen MR) is 79.3 cm³/mol. The number of hydrogen-bond donors (Lipinski definition) is 1. The Morgan fingerprint density at radius 1 is 1.40 bits per heavy atom. The number of rotatable bonds is 4. The number of aryl methyl sites for hydroxylation is 2. The molecule has 1 aromatic carbocycles. The molecule has 0 radical (unpaired) electrons. The van der Waals surface area contributed by atoms with Gasteiger partial charge in [0.25, 0.3) is 0 Å². The van der Waals surface area contributed by atoms with Crippen LogP contribution in [-0.2, 0) is 13.6 Å². The summed E-state index contributed by atoms with van der Waals surface area (Å²) in [4.78, 5) is 0. The first-order valence-corrected chi connectivity index (χ1v) is 6.95. The van der Waals surface area contributed by atoms with Crippen LogP contribution in [0.4, 0.5) is 4.39 Å². The van der Waals surface area contributed by atoms with E-state index in [0.29, 0.717) is 11.6 Å². The zero-order chi connectivity index (χ0) is 14.9. The van der Waals surface area contributed by atoms with E-state index in [1.807, 2.05) is 32.5 Å². The van der Waals surface area contributed by atoms with E-state index >= 15 is 0 Å². The van der Waals surface area contributed by atoms with Crippen molar-refractivity contribution in [2.24, 2.45) is 7.05 Å². The van der Waals surface area contributed by atoms with Gasteiger partial charge < -0.3 is 5.32 Å². The Morgan fingerprint density at radius 2 is 2.10 bits per heavy atom. The molecule has 0 bridgehead atoms. The van der Waals surface area contributed by atoms with Gasteiger partial charge in [-0.25, -0.2) is 4.39 Å². The van der Waals surface area contributed by atoms with Gasteiger partial charge in [0.05, 0.1) is 5.69 Å². The molecule has 0 amide bonds. The third-order valence-electron chi connectivity index (χ3n) is 3.67. The molecule has 108 valence electrons. The van der Waals surface area contributed by atoms with Crippen LogP contribution < -0.4 is 5.32 Å². The number of nitrogens with zero attached hydrogens (tertiary/aromatic N) is 2. The lowest BCUT2D eigenvalue weighted by atomic mass is 10.1. The molecule has 20 heavy (non-hydrogen) atoms. The van der Waals surface area contributed by atoms with Gasteiger partial charge in [0.2, 0.25) is 0 Å². The Bertz CT molecular complexity index is 622. The summed E-state index contributed by atoms with van der Waals surface area (Å²) in [6.45, 7) is 6.77. The number of aromatic nitrogens is 2. The van der Waals surface area contributed by atoms with Crippen LogP contribution in [-0.4, -0.2) is 9.78 Å². The minimum atomic E-state index is -0.315. The number of nitrogens with one attached hydrogen (secondary N) is 1. The van der Waals surface area contributed by atoms with Gasteiger partial charge in [0.15, 0.2) is 0 Å². The topological polar surface area (TPSA) is 29.9 Å². The van der Waals surface area contributed by atoms with E-state index in [0.717, 1.165) is 17.0 Å². The Morgan fingerprint density at radius 3 is 2.65 bits per heavy atom. The average Bonchev–Trinajstić information content (AvgIpc) is 2.61. The van der Waals surface area contributed by atoms with Crippen molar-refractivity contribution in [3.63, 3.8) is 0 Å². The third-order valence-corrected chi connectivity index (χ3v) is 4.00. The Balaban J connectivity index is 2.10. The van der Waals surface area contributed by atoms with Crippen molar-refractivity contribution in [2.45, 2.75) is 33.4 Å². The molecule has 0 saturated heterocycles. The summed E-state index contributed by atoms with van der Waals surface area (Å²) < 4.78 is 14.9. The molecule has 0 aliphatic carbocycles. The average molecular weight is 296 g/mol. The summed E-state index contributed by atoms with van der Waals surface area (Å²) in [5, 5.41) is 8.25. The normalized spacial score (nSPS) is 12.7. The molecule has 2 rings (SSSR count). The van der Waals surface area contributed by atoms with Gasteiger partial charge in [-0.05, 0) is 38.5 Å². The highest BCUT2D eigenvalue weighted by molar-refractivity contribution is 6.31. The van der Waals surface area contributed by atoms with Gasteiger partial charge in [-0.3, -0.25) is 4.68 Å². The highest BCUT2D eigenvalue weighted by atomic mass is 35.5. The van der Waals surface area contributed by atoms with Gasteiger partial charge in [-0.15, -0.1) is 0 Å². The van der Waals surface area contributed by atoms with Crippen molar-refractivity contribution < 1.29 is 4.39 Å². The van der Waals surface area contributed by atoms with Crippen LogP contribution in [0.15, 0.2) is 18.2 Å². The molecule has 0 aliphatic rings. The lowest BCUT2D eigenvalue weighted by Crippen LogP contribution is -2.19. The minimum absolute atomic E-state index is 0.0436. The smallest absolute Gasteiger partial charge is 0.124 e. The molecular formula is C15H19ClFN3. The van der Waals surface area contributed by atoms with Crippen LogP contribution >= 0.6 is 11.6 Å². The van der Waals surface area contributed by atoms with Crippen molar-refractivity contribution in [1.29, 1.82) is 0 Å². The second-order valence-corrected chi connectivity index (χ2v) is 5.45. The van der Waals surface area contributed by atoms with Gasteiger partial charge >= 0.3 is 0 Å². The summed E-state index contributed by atoms with van der Waals surface area (Å²) in [6.07, 6.45) is 0. The van der Waals surface area contributed by atoms with Crippen molar-refractivity contribution in [3.8, 4) is 0 Å². The van der Waals surface area contributed by atoms with E-state index in [1.165, 1.54) is 17.7 Å². The van der Waals surface area contributed by atoms with E-state index in [-0.39, 0.29) is 11.9 Å². The molecule has 1 N–H and O–H groups in total. The molecule has 1 unspecified atom stereocenters. The van der Waals surface area contributed by atoms with E-state index in [4.69, 9.17) is 11.6 Å². The summed E-state index contributed by atoms with van der Waals surface area (Å²) in [5.41, 5.74) is 4.26. The molecule has 0 spiro atoms. The van der Waals surface area contributed by atoms with E-state index < -0.39 is 0 Å². The van der Waals surface area contributed by atoms with Gasteiger partial charge in [0.1, 0.15) is 5.82 Å². The predicted octanol–water partition coefficient (Wildman–Crippen LogP) is 3.68. The van der Waals surface area contributed by atoms with Crippen molar-refractivity contribution in [2.75, 3.05) is 0 Å². The molecule has 0 fully saturated rings. The second-order valence-electron chi connectivity index (χ2n) is 5.04. The van der Waals surface area contributed by atoms with E-state index in [2.05, 4.69) is 10.4 Å². The van der Waals surface area contributed by atoms with Crippen LogP contribution in [0.1, 0.15) is 35.5 Å². The summed E-state index contributed by atoms with van der Waals surface area (Å²) in [7, 11) is 1.94. The number of halogens is 2. The van der Waals surface area contributed by atoms with Gasteiger partial charge in [-0.1, -0.05) is 17.7 Å². The lowest BCUT2D eigenvalue weighted by Gasteiger charge is -2.16. The molecule has 1 aromatic heterocycles. The first-order valence-electron chi connectivity index (χ1n) is 6.57. The van der Waals surface area contributed by atoms with Crippen LogP contribution in [0.2, 0.25) is 5.02 Å². The number of hydrogen-bond acceptors (Lipinski definition) is 2. The minimum Gasteiger partial charge on any atom is -0.306 e. The largest absolute Gasteiger partial charge is 0.306 e. The van der Waals surface area contributed by atoms with Gasteiger partial charge in [-0.2, -0.15) is 5.10 Å². The highest BCUT2D eigenvalue weighted by Crippen LogP contribution is 2.24. The van der Waals surface area contributed by atoms with E-state index in [1.54, 1.807) is 6.07 Å². The lowest BCUT2D eigenvalue weighted by molar-refractivity contribution is 0.568. The Hall–Kier alpha value is -1.39. The Labute approximate surface area is 123 Å². The molecule has 5 heteroatoms. The fourth-order valence-corrected chi connectivity index (χ4v) is 2.62. The first kappa shape index (κ1) is 15.0. The molecule has 2 aromatic rings. The molecule has 0 saturated carbocycles. The van der Waals surface area contributed by atoms with Crippen LogP contribution in [0.25, 0.3) is 0 Å². The SMILES string of the molecule is Cc1nn(C)c(C)c1CNC(C)c1ccc(F)cc1Cl. The third kappa shape index (κ3) is 3.02. The molecule has 3 nitrogen and oxygen atoms in total. The maximum Gasteiger partial charge on any atom is 0.124 e. The maximum atomic E-state index is 13.1. The monoisotopic (exact) mass is 295 g/mol. The van der Waals surface area contributed by atoms with Crippen LogP contribution in [0.3, 0.4) is 0 Å². The summed E-state index contributed by atoms with van der Waals surface area (Å²) >= 11 is 6.08. The maximum absolute atomic E-state index is 13.1. The fraction of sp³-hybridized carbons (Fsp3) is 0.400. The zero-order valence-corrected chi connectivity index (χ0v) is 12.9. The fourth-order valence-electron chi connectivity index (χ4n) is 2.29. The van der Waals surface area contributed by atoms with Crippen LogP contribution in [0, 0.1) is 19.7 Å². The zero-order valence-electron chi connectivity index (χ0n) is 12.2. The molecule has 1 heterocycles. The summed E-state index contributed by atoms with van der Waals surface area (Å²) in [6, 6.07) is 4.54. The van der Waals surface area contributed by atoms with Crippen molar-refractivity contribution in [1.82, 2.24) is 15.1 Å². The first-order chi connectivity index (χ1) is 9.40. The highest BCUT2D eigenvalue weighted by Gasteiger charge is 2.13. The van der Waals surface area contributed by atoms with Crippen molar-refractivity contribution >= 4 is 11.6 Å². The molecule has 1 atom stereocenters. The molecular weight excluding hydrogens is 277 g/mol. The quantitative estimate of drug-likeness (QED) is 0.932.